The highest BCUT2D eigenvalue weighted by Crippen LogP contribution is 2.65. The van der Waals surface area contributed by atoms with E-state index in [0.29, 0.717) is 19.4 Å². The average Bonchev–Trinajstić information content (AvgIpc) is 3.33. The van der Waals surface area contributed by atoms with Crippen LogP contribution in [0.25, 0.3) is 0 Å². The number of amides is 5. The molecule has 2 saturated carbocycles. The molecular weight excluding hydrogens is 614 g/mol. The van der Waals surface area contributed by atoms with Crippen LogP contribution in [0.1, 0.15) is 107 Å². The van der Waals surface area contributed by atoms with Crippen molar-refractivity contribution in [2.24, 2.45) is 28.6 Å². The van der Waals surface area contributed by atoms with E-state index in [4.69, 9.17) is 4.74 Å². The monoisotopic (exact) mass is 673 g/mol. The first-order valence-electron chi connectivity index (χ1n) is 17.8. The molecule has 1 saturated heterocycles. The van der Waals surface area contributed by atoms with Gasteiger partial charge in [0.2, 0.25) is 17.6 Å². The van der Waals surface area contributed by atoms with Crippen molar-refractivity contribution in [3.8, 4) is 0 Å². The number of urea groups is 1. The number of piperidine rings is 1. The predicted molar refractivity (Wildman–Crippen MR) is 182 cm³/mol. The summed E-state index contributed by atoms with van der Waals surface area (Å²) in [6.07, 6.45) is 7.15. The Morgan fingerprint density at radius 2 is 1.65 bits per heavy atom. The van der Waals surface area contributed by atoms with Gasteiger partial charge in [0.15, 0.2) is 0 Å². The number of fused-ring (bicyclic) bond motifs is 1. The lowest BCUT2D eigenvalue weighted by atomic mass is 9.83. The lowest BCUT2D eigenvalue weighted by molar-refractivity contribution is -0.152. The second kappa shape index (κ2) is 16.3. The molecule has 6 atom stereocenters. The average molecular weight is 674 g/mol. The van der Waals surface area contributed by atoms with Gasteiger partial charge in [-0.15, -0.1) is 6.58 Å². The van der Waals surface area contributed by atoms with Gasteiger partial charge in [-0.3, -0.25) is 19.2 Å². The summed E-state index contributed by atoms with van der Waals surface area (Å²) in [6, 6.07) is -4.41. The van der Waals surface area contributed by atoms with Crippen molar-refractivity contribution in [2.45, 2.75) is 137 Å². The number of hydrogen-bond donors (Lipinski definition) is 4. The van der Waals surface area contributed by atoms with Crippen molar-refractivity contribution in [1.29, 1.82) is 0 Å². The molecule has 2 aliphatic carbocycles. The van der Waals surface area contributed by atoms with Gasteiger partial charge in [-0.1, -0.05) is 79.7 Å². The van der Waals surface area contributed by atoms with Gasteiger partial charge < -0.3 is 30.9 Å². The fourth-order valence-corrected chi connectivity index (χ4v) is 7.43. The number of carbonyl (C=O) groups is 6. The van der Waals surface area contributed by atoms with Gasteiger partial charge in [0.25, 0.3) is 5.91 Å². The molecule has 12 heteroatoms. The standard InChI is InChI=1S/C36H59N5O7/c1-10-12-18-24(28(42)31(44)37-19-11-2)38-30(43)27-25-23(36(25,8)9)20-41(27)32(45)26(22-16-14-13-15-17-22)39-34(47)40-29(35(5,6)7)33(46)48-21(3)4/h11,21-27,29H,2,10,12-20H2,1,3-9H3,(H,37,44)(H,38,43)(H2,39,40,47)/t23-,24?,25-,26-,27-,29+/m0/s1. The third kappa shape index (κ3) is 9.37. The summed E-state index contributed by atoms with van der Waals surface area (Å²) in [5.74, 6) is -3.10. The summed E-state index contributed by atoms with van der Waals surface area (Å²) >= 11 is 0. The highest BCUT2D eigenvalue weighted by atomic mass is 16.5. The van der Waals surface area contributed by atoms with Crippen LogP contribution in [0.2, 0.25) is 0 Å². The minimum Gasteiger partial charge on any atom is -0.461 e. The van der Waals surface area contributed by atoms with Crippen LogP contribution in [0.4, 0.5) is 4.79 Å². The van der Waals surface area contributed by atoms with E-state index in [1.807, 2.05) is 27.7 Å². The summed E-state index contributed by atoms with van der Waals surface area (Å²) in [7, 11) is 0. The molecule has 0 spiro atoms. The Balaban J connectivity index is 1.87. The van der Waals surface area contributed by atoms with Gasteiger partial charge >= 0.3 is 12.0 Å². The van der Waals surface area contributed by atoms with Gasteiger partial charge in [0.05, 0.1) is 12.1 Å². The fourth-order valence-electron chi connectivity index (χ4n) is 7.43. The minimum absolute atomic E-state index is 0.0785. The molecule has 270 valence electrons. The smallest absolute Gasteiger partial charge is 0.329 e. The van der Waals surface area contributed by atoms with Crippen molar-refractivity contribution >= 4 is 35.5 Å². The van der Waals surface area contributed by atoms with E-state index in [1.54, 1.807) is 18.7 Å². The molecular formula is C36H59N5O7. The molecule has 3 aliphatic rings. The summed E-state index contributed by atoms with van der Waals surface area (Å²) in [5.41, 5.74) is -0.849. The zero-order valence-electron chi connectivity index (χ0n) is 30.3. The quantitative estimate of drug-likeness (QED) is 0.117. The number of esters is 1. The second-order valence-electron chi connectivity index (χ2n) is 15.7. The molecule has 3 fully saturated rings. The number of hydrogen-bond acceptors (Lipinski definition) is 7. The molecule has 1 unspecified atom stereocenters. The normalized spacial score (nSPS) is 23.6. The first-order valence-corrected chi connectivity index (χ1v) is 17.8. The van der Waals surface area contributed by atoms with Gasteiger partial charge in [0, 0.05) is 13.1 Å². The first-order chi connectivity index (χ1) is 22.4. The lowest BCUT2D eigenvalue weighted by Gasteiger charge is -2.37. The summed E-state index contributed by atoms with van der Waals surface area (Å²) in [5, 5.41) is 11.0. The Labute approximate surface area is 286 Å². The molecule has 0 aromatic heterocycles. The number of carbonyl (C=O) groups excluding carboxylic acids is 6. The van der Waals surface area contributed by atoms with Gasteiger partial charge in [-0.2, -0.15) is 0 Å². The highest BCUT2D eigenvalue weighted by Gasteiger charge is 2.69. The van der Waals surface area contributed by atoms with Crippen molar-refractivity contribution in [3.63, 3.8) is 0 Å². The van der Waals surface area contributed by atoms with Gasteiger partial charge in [-0.05, 0) is 61.7 Å². The number of Topliss-reactive ketones (excluding diaryl/α,β-unsaturated/α-hetero) is 1. The van der Waals surface area contributed by atoms with Crippen LogP contribution < -0.4 is 21.3 Å². The van der Waals surface area contributed by atoms with Crippen molar-refractivity contribution < 1.29 is 33.5 Å². The molecule has 1 heterocycles. The topological polar surface area (TPSA) is 163 Å². The van der Waals surface area contributed by atoms with Gasteiger partial charge in [0.1, 0.15) is 18.1 Å². The number of nitrogens with zero attached hydrogens (tertiary/aromatic N) is 1. The third-order valence-electron chi connectivity index (χ3n) is 10.3. The number of rotatable bonds is 15. The van der Waals surface area contributed by atoms with E-state index in [0.717, 1.165) is 38.5 Å². The van der Waals surface area contributed by atoms with Gasteiger partial charge in [-0.25, -0.2) is 9.59 Å². The summed E-state index contributed by atoms with van der Waals surface area (Å²) in [4.78, 5) is 82.3. The van der Waals surface area contributed by atoms with Crippen LogP contribution in [-0.2, 0) is 28.7 Å². The van der Waals surface area contributed by atoms with E-state index in [2.05, 4.69) is 41.7 Å². The Morgan fingerprint density at radius 3 is 2.21 bits per heavy atom. The molecule has 0 radical (unpaired) electrons. The number of unbranched alkanes of at least 4 members (excludes halogenated alkanes) is 1. The lowest BCUT2D eigenvalue weighted by Crippen LogP contribution is -2.61. The van der Waals surface area contributed by atoms with E-state index >= 15 is 0 Å². The van der Waals surface area contributed by atoms with Crippen LogP contribution in [0.3, 0.4) is 0 Å². The van der Waals surface area contributed by atoms with Crippen LogP contribution >= 0.6 is 0 Å². The zero-order valence-corrected chi connectivity index (χ0v) is 30.3. The SMILES string of the molecule is C=CCNC(=O)C(=O)C(CCCC)NC(=O)[C@@H]1[C@@H]2[C@H](CN1C(=O)[C@@H](NC(=O)N[C@H](C(=O)OC(C)C)C(C)(C)C)C1CCCCC1)C2(C)C. The summed E-state index contributed by atoms with van der Waals surface area (Å²) in [6.45, 7) is 19.1. The van der Waals surface area contributed by atoms with Crippen molar-refractivity contribution in [3.05, 3.63) is 12.7 Å². The Bertz CT molecular complexity index is 1220. The maximum Gasteiger partial charge on any atom is 0.329 e. The maximum absolute atomic E-state index is 14.5. The molecule has 0 aromatic rings. The maximum atomic E-state index is 14.5. The molecule has 0 aromatic carbocycles. The van der Waals surface area contributed by atoms with E-state index in [-0.39, 0.29) is 41.7 Å². The molecule has 5 amide bonds. The van der Waals surface area contributed by atoms with Crippen molar-refractivity contribution in [1.82, 2.24) is 26.2 Å². The predicted octanol–water partition coefficient (Wildman–Crippen LogP) is 3.63. The van der Waals surface area contributed by atoms with Crippen LogP contribution in [0.5, 0.6) is 0 Å². The number of ketones is 1. The van der Waals surface area contributed by atoms with E-state index in [1.165, 1.54) is 6.08 Å². The molecule has 3 rings (SSSR count). The molecule has 0 bridgehead atoms. The van der Waals surface area contributed by atoms with Crippen LogP contribution in [-0.4, -0.2) is 83.8 Å². The number of ether oxygens (including phenoxy) is 1. The Kier molecular flexibility index (Phi) is 13.3. The van der Waals surface area contributed by atoms with Crippen LogP contribution in [0.15, 0.2) is 12.7 Å². The highest BCUT2D eigenvalue weighted by molar-refractivity contribution is 6.38. The van der Waals surface area contributed by atoms with E-state index in [9.17, 15) is 28.8 Å². The number of nitrogens with one attached hydrogen (secondary N) is 4. The molecule has 12 nitrogen and oxygen atoms in total. The summed E-state index contributed by atoms with van der Waals surface area (Å²) < 4.78 is 5.42. The molecule has 1 aliphatic heterocycles. The first kappa shape index (κ1) is 39.0. The largest absolute Gasteiger partial charge is 0.461 e. The second-order valence-corrected chi connectivity index (χ2v) is 15.7. The Hall–Kier alpha value is -3.44. The molecule has 4 N–H and O–H groups in total. The van der Waals surface area contributed by atoms with Crippen LogP contribution in [0, 0.1) is 28.6 Å². The fraction of sp³-hybridized carbons (Fsp3) is 0.778. The third-order valence-corrected chi connectivity index (χ3v) is 10.3. The van der Waals surface area contributed by atoms with E-state index < -0.39 is 59.2 Å². The Morgan fingerprint density at radius 1 is 1.00 bits per heavy atom. The molecule has 48 heavy (non-hydrogen) atoms. The zero-order chi connectivity index (χ0) is 36.0. The number of likely N-dealkylation sites (tertiary alicyclic amines) is 1. The van der Waals surface area contributed by atoms with Crippen molar-refractivity contribution in [2.75, 3.05) is 13.1 Å². The minimum atomic E-state index is -1.03.